The first-order chi connectivity index (χ1) is 12.7. The zero-order chi connectivity index (χ0) is 17.7. The van der Waals surface area contributed by atoms with Crippen LogP contribution in [0.1, 0.15) is 41.1 Å². The maximum Gasteiger partial charge on any atom is 0.246 e. The minimum Gasteiger partial charge on any atom is -0.507 e. The number of ether oxygens (including phenoxy) is 1. The zero-order valence-corrected chi connectivity index (χ0v) is 14.3. The lowest BCUT2D eigenvalue weighted by Gasteiger charge is -2.36. The van der Waals surface area contributed by atoms with E-state index in [9.17, 15) is 5.11 Å². The van der Waals surface area contributed by atoms with Gasteiger partial charge in [-0.05, 0) is 37.3 Å². The molecule has 0 spiro atoms. The molecular weight excluding hydrogens is 328 g/mol. The number of fused-ring (bicyclic) bond motifs is 3. The summed E-state index contributed by atoms with van der Waals surface area (Å²) < 4.78 is 11.8. The lowest BCUT2D eigenvalue weighted by Crippen LogP contribution is -2.33. The Balaban J connectivity index is 1.62. The van der Waals surface area contributed by atoms with Gasteiger partial charge >= 0.3 is 0 Å². The van der Waals surface area contributed by atoms with Crippen molar-refractivity contribution in [1.82, 2.24) is 5.01 Å². The van der Waals surface area contributed by atoms with E-state index in [4.69, 9.17) is 14.3 Å². The first kappa shape index (κ1) is 15.1. The van der Waals surface area contributed by atoms with Crippen molar-refractivity contribution in [2.75, 3.05) is 0 Å². The summed E-state index contributed by atoms with van der Waals surface area (Å²) in [6.07, 6.45) is 1.92. The lowest BCUT2D eigenvalue weighted by atomic mass is 9.95. The quantitative estimate of drug-likeness (QED) is 0.740. The van der Waals surface area contributed by atoms with Gasteiger partial charge in [-0.15, -0.1) is 0 Å². The predicted octanol–water partition coefficient (Wildman–Crippen LogP) is 4.54. The maximum absolute atomic E-state index is 10.3. The molecule has 0 unspecified atom stereocenters. The van der Waals surface area contributed by atoms with Crippen molar-refractivity contribution in [1.29, 1.82) is 0 Å². The fraction of sp³-hybridized carbons (Fsp3) is 0.190. The summed E-state index contributed by atoms with van der Waals surface area (Å²) in [5.41, 5.74) is 3.81. The van der Waals surface area contributed by atoms with Crippen molar-refractivity contribution in [3.05, 3.63) is 83.3 Å². The average molecular weight is 346 g/mol. The van der Waals surface area contributed by atoms with Crippen LogP contribution in [0.5, 0.6) is 11.5 Å². The number of hydrazone groups is 1. The standard InChI is InChI=1S/C21H18N2O3/c1-13-8-9-18(24)15(11-13)16-12-17-14-5-2-3-6-19(14)26-21(23(17)22-16)20-7-4-10-25-20/h2-11,17,21,24H,12H2,1H3/t17-,21-/m1/s1. The number of aromatic hydroxyl groups is 1. The van der Waals surface area contributed by atoms with Crippen molar-refractivity contribution in [3.8, 4) is 11.5 Å². The van der Waals surface area contributed by atoms with Gasteiger partial charge in [0.05, 0.1) is 18.0 Å². The Morgan fingerprint density at radius 2 is 2.00 bits per heavy atom. The van der Waals surface area contributed by atoms with E-state index in [1.165, 1.54) is 0 Å². The third-order valence-electron chi connectivity index (χ3n) is 4.95. The molecule has 26 heavy (non-hydrogen) atoms. The summed E-state index contributed by atoms with van der Waals surface area (Å²) in [5, 5.41) is 17.1. The molecule has 2 aliphatic rings. The SMILES string of the molecule is Cc1ccc(O)c(C2=NN3[C@H](C2)c2ccccc2O[C@@H]3c2ccco2)c1. The van der Waals surface area contributed by atoms with E-state index in [2.05, 4.69) is 6.07 Å². The van der Waals surface area contributed by atoms with Crippen LogP contribution in [0.15, 0.2) is 70.4 Å². The van der Waals surface area contributed by atoms with Crippen LogP contribution in [0.3, 0.4) is 0 Å². The van der Waals surface area contributed by atoms with Crippen molar-refractivity contribution < 1.29 is 14.3 Å². The average Bonchev–Trinajstić information content (AvgIpc) is 3.33. The number of rotatable bonds is 2. The molecule has 3 aromatic rings. The predicted molar refractivity (Wildman–Crippen MR) is 97.1 cm³/mol. The summed E-state index contributed by atoms with van der Waals surface area (Å²) in [5.74, 6) is 1.81. The highest BCUT2D eigenvalue weighted by Gasteiger charge is 2.42. The van der Waals surface area contributed by atoms with E-state index < -0.39 is 6.23 Å². The van der Waals surface area contributed by atoms with E-state index in [0.717, 1.165) is 28.2 Å². The van der Waals surface area contributed by atoms with E-state index in [0.29, 0.717) is 12.2 Å². The van der Waals surface area contributed by atoms with Gasteiger partial charge in [-0.2, -0.15) is 5.10 Å². The topological polar surface area (TPSA) is 58.2 Å². The number of nitrogens with zero attached hydrogens (tertiary/aromatic N) is 2. The molecule has 5 heteroatoms. The van der Waals surface area contributed by atoms with Gasteiger partial charge in [-0.25, -0.2) is 5.01 Å². The highest BCUT2D eigenvalue weighted by molar-refractivity contribution is 6.04. The maximum atomic E-state index is 10.3. The molecule has 1 aromatic heterocycles. The fourth-order valence-corrected chi connectivity index (χ4v) is 3.70. The second-order valence-corrected chi connectivity index (χ2v) is 6.69. The Labute approximate surface area is 151 Å². The van der Waals surface area contributed by atoms with Crippen LogP contribution in [-0.2, 0) is 0 Å². The van der Waals surface area contributed by atoms with Crippen molar-refractivity contribution in [2.24, 2.45) is 5.10 Å². The molecule has 0 saturated heterocycles. The molecule has 0 radical (unpaired) electrons. The first-order valence-corrected chi connectivity index (χ1v) is 8.65. The molecule has 0 fully saturated rings. The molecule has 1 N–H and O–H groups in total. The molecule has 0 saturated carbocycles. The Morgan fingerprint density at radius 3 is 2.85 bits per heavy atom. The minimum absolute atomic E-state index is 0.0463. The number of phenolic OH excluding ortho intramolecular Hbond substituents is 1. The van der Waals surface area contributed by atoms with Gasteiger partial charge in [0, 0.05) is 17.5 Å². The number of hydrogen-bond acceptors (Lipinski definition) is 5. The molecule has 2 aromatic carbocycles. The molecule has 0 bridgehead atoms. The number of furan rings is 1. The van der Waals surface area contributed by atoms with Gasteiger partial charge in [0.1, 0.15) is 11.5 Å². The highest BCUT2D eigenvalue weighted by Crippen LogP contribution is 2.47. The van der Waals surface area contributed by atoms with Gasteiger partial charge in [0.25, 0.3) is 0 Å². The second-order valence-electron chi connectivity index (χ2n) is 6.69. The summed E-state index contributed by atoms with van der Waals surface area (Å²) >= 11 is 0. The molecule has 2 atom stereocenters. The van der Waals surface area contributed by atoms with Crippen molar-refractivity contribution >= 4 is 5.71 Å². The van der Waals surface area contributed by atoms with Crippen LogP contribution in [0, 0.1) is 6.92 Å². The summed E-state index contributed by atoms with van der Waals surface area (Å²) in [7, 11) is 0. The van der Waals surface area contributed by atoms with E-state index in [1.54, 1.807) is 12.3 Å². The smallest absolute Gasteiger partial charge is 0.246 e. The van der Waals surface area contributed by atoms with E-state index in [-0.39, 0.29) is 11.8 Å². The van der Waals surface area contributed by atoms with Crippen LogP contribution < -0.4 is 4.74 Å². The molecular formula is C21H18N2O3. The van der Waals surface area contributed by atoms with Crippen LogP contribution in [0.25, 0.3) is 0 Å². The summed E-state index contributed by atoms with van der Waals surface area (Å²) in [6.45, 7) is 2.01. The van der Waals surface area contributed by atoms with Crippen LogP contribution in [0.2, 0.25) is 0 Å². The monoisotopic (exact) mass is 346 g/mol. The third kappa shape index (κ3) is 2.28. The first-order valence-electron chi connectivity index (χ1n) is 8.65. The second kappa shape index (κ2) is 5.66. The van der Waals surface area contributed by atoms with E-state index in [1.807, 2.05) is 54.4 Å². The Morgan fingerprint density at radius 1 is 1.12 bits per heavy atom. The third-order valence-corrected chi connectivity index (χ3v) is 4.95. The number of aryl methyl sites for hydroxylation is 1. The molecule has 5 rings (SSSR count). The van der Waals surface area contributed by atoms with Gasteiger partial charge in [0.2, 0.25) is 6.23 Å². The van der Waals surface area contributed by atoms with Gasteiger partial charge in [0.15, 0.2) is 5.76 Å². The van der Waals surface area contributed by atoms with E-state index >= 15 is 0 Å². The van der Waals surface area contributed by atoms with Gasteiger partial charge in [-0.1, -0.05) is 29.8 Å². The number of para-hydroxylation sites is 1. The molecule has 3 heterocycles. The van der Waals surface area contributed by atoms with Crippen LogP contribution in [0.4, 0.5) is 0 Å². The fourth-order valence-electron chi connectivity index (χ4n) is 3.70. The molecule has 0 amide bonds. The number of benzene rings is 2. The van der Waals surface area contributed by atoms with Gasteiger partial charge in [-0.3, -0.25) is 0 Å². The highest BCUT2D eigenvalue weighted by atomic mass is 16.5. The summed E-state index contributed by atoms with van der Waals surface area (Å²) in [4.78, 5) is 0. The largest absolute Gasteiger partial charge is 0.507 e. The summed E-state index contributed by atoms with van der Waals surface area (Å²) in [6, 6.07) is 17.4. The number of hydrogen-bond donors (Lipinski definition) is 1. The minimum atomic E-state index is -0.422. The zero-order valence-electron chi connectivity index (χ0n) is 14.3. The lowest BCUT2D eigenvalue weighted by molar-refractivity contribution is -0.0325. The molecule has 130 valence electrons. The molecule has 5 nitrogen and oxygen atoms in total. The van der Waals surface area contributed by atoms with Crippen LogP contribution in [-0.4, -0.2) is 15.8 Å². The Kier molecular flexibility index (Phi) is 3.28. The number of phenols is 1. The normalized spacial score (nSPS) is 21.0. The Hall–Kier alpha value is -3.21. The molecule has 0 aliphatic carbocycles. The van der Waals surface area contributed by atoms with Gasteiger partial charge < -0.3 is 14.3 Å². The van der Waals surface area contributed by atoms with Crippen molar-refractivity contribution in [3.63, 3.8) is 0 Å². The van der Waals surface area contributed by atoms with Crippen LogP contribution >= 0.6 is 0 Å². The Bertz CT molecular complexity index is 994. The van der Waals surface area contributed by atoms with Crippen molar-refractivity contribution in [2.45, 2.75) is 25.6 Å². The molecule has 2 aliphatic heterocycles.